The lowest BCUT2D eigenvalue weighted by Crippen LogP contribution is -2.53. The van der Waals surface area contributed by atoms with E-state index in [2.05, 4.69) is 16.2 Å². The number of amides is 3. The van der Waals surface area contributed by atoms with Crippen molar-refractivity contribution in [3.63, 3.8) is 0 Å². The summed E-state index contributed by atoms with van der Waals surface area (Å²) in [5.74, 6) is 0.379. The zero-order chi connectivity index (χ0) is 23.1. The molecular weight excluding hydrogens is 427 g/mol. The van der Waals surface area contributed by atoms with Crippen LogP contribution in [0.15, 0.2) is 18.2 Å². The van der Waals surface area contributed by atoms with Crippen LogP contribution < -0.4 is 20.9 Å². The number of carbonyl (C=O) groups excluding carboxylic acids is 2. The SMILES string of the molecule is O=C1CCN(CCCCCNNC2(c3ccc(F)c(OCC4CC4)c3)CCOCC2)C(=O)N1. The van der Waals surface area contributed by atoms with Gasteiger partial charge in [0.1, 0.15) is 0 Å². The van der Waals surface area contributed by atoms with Crippen LogP contribution in [0.5, 0.6) is 5.75 Å². The maximum absolute atomic E-state index is 14.3. The quantitative estimate of drug-likeness (QED) is 0.327. The molecule has 0 unspecified atom stereocenters. The number of nitrogens with zero attached hydrogens (tertiary/aromatic N) is 1. The molecule has 3 fully saturated rings. The first-order chi connectivity index (χ1) is 16.1. The van der Waals surface area contributed by atoms with Crippen molar-refractivity contribution in [3.8, 4) is 5.75 Å². The summed E-state index contributed by atoms with van der Waals surface area (Å²) in [6.07, 6.45) is 7.10. The molecule has 3 aliphatic rings. The Hall–Kier alpha value is -2.23. The Balaban J connectivity index is 1.23. The van der Waals surface area contributed by atoms with Crippen molar-refractivity contribution >= 4 is 11.9 Å². The van der Waals surface area contributed by atoms with Gasteiger partial charge in [-0.3, -0.25) is 15.5 Å². The highest BCUT2D eigenvalue weighted by Gasteiger charge is 2.35. The molecule has 1 aromatic carbocycles. The van der Waals surface area contributed by atoms with Crippen LogP contribution in [-0.2, 0) is 15.1 Å². The third-order valence-corrected chi connectivity index (χ3v) is 6.70. The molecule has 2 saturated heterocycles. The first-order valence-electron chi connectivity index (χ1n) is 12.2. The zero-order valence-electron chi connectivity index (χ0n) is 19.2. The molecule has 8 nitrogen and oxygen atoms in total. The van der Waals surface area contributed by atoms with E-state index in [9.17, 15) is 14.0 Å². The Morgan fingerprint density at radius 3 is 2.76 bits per heavy atom. The van der Waals surface area contributed by atoms with Gasteiger partial charge in [-0.25, -0.2) is 14.6 Å². The molecular formula is C24H35FN4O4. The predicted octanol–water partition coefficient (Wildman–Crippen LogP) is 2.83. The standard InChI is InChI=1S/C24H35FN4O4/c25-20-7-6-19(16-21(20)33-17-18-4-5-18)24(9-14-32-15-10-24)28-26-11-2-1-3-12-29-13-8-22(30)27-23(29)31/h6-7,16,18,26,28H,1-5,8-15,17H2,(H,27,30,31). The van der Waals surface area contributed by atoms with E-state index in [1.807, 2.05) is 12.1 Å². The summed E-state index contributed by atoms with van der Waals surface area (Å²) in [5.41, 5.74) is 7.55. The summed E-state index contributed by atoms with van der Waals surface area (Å²) < 4.78 is 25.7. The average Bonchev–Trinajstić information content (AvgIpc) is 3.64. The number of unbranched alkanes of at least 4 members (excludes halogenated alkanes) is 2. The van der Waals surface area contributed by atoms with Gasteiger partial charge in [0.05, 0.1) is 12.1 Å². The fraction of sp³-hybridized carbons (Fsp3) is 0.667. The van der Waals surface area contributed by atoms with Crippen molar-refractivity contribution in [1.29, 1.82) is 0 Å². The number of ether oxygens (including phenoxy) is 2. The van der Waals surface area contributed by atoms with Crippen LogP contribution >= 0.6 is 0 Å². The lowest BCUT2D eigenvalue weighted by Gasteiger charge is -2.39. The fourth-order valence-electron chi connectivity index (χ4n) is 4.35. The van der Waals surface area contributed by atoms with Gasteiger partial charge in [0, 0.05) is 39.3 Å². The third kappa shape index (κ3) is 6.65. The van der Waals surface area contributed by atoms with Gasteiger partial charge in [0.25, 0.3) is 0 Å². The maximum atomic E-state index is 14.3. The number of halogens is 1. The minimum Gasteiger partial charge on any atom is -0.490 e. The minimum absolute atomic E-state index is 0.198. The number of benzene rings is 1. The molecule has 33 heavy (non-hydrogen) atoms. The third-order valence-electron chi connectivity index (χ3n) is 6.70. The van der Waals surface area contributed by atoms with Gasteiger partial charge in [0.15, 0.2) is 11.6 Å². The average molecular weight is 463 g/mol. The first kappa shape index (κ1) is 23.9. The molecule has 1 saturated carbocycles. The lowest BCUT2D eigenvalue weighted by molar-refractivity contribution is -0.121. The van der Waals surface area contributed by atoms with Crippen LogP contribution in [0.25, 0.3) is 0 Å². The Labute approximate surface area is 194 Å². The first-order valence-corrected chi connectivity index (χ1v) is 12.2. The minimum atomic E-state index is -0.331. The van der Waals surface area contributed by atoms with Crippen LogP contribution in [0, 0.1) is 11.7 Å². The summed E-state index contributed by atoms with van der Waals surface area (Å²) in [7, 11) is 0. The fourth-order valence-corrected chi connectivity index (χ4v) is 4.35. The van der Waals surface area contributed by atoms with Crippen molar-refractivity contribution in [3.05, 3.63) is 29.6 Å². The van der Waals surface area contributed by atoms with Crippen molar-refractivity contribution in [2.24, 2.45) is 5.92 Å². The number of imide groups is 1. The number of hydrogen-bond donors (Lipinski definition) is 3. The molecule has 0 radical (unpaired) electrons. The van der Waals surface area contributed by atoms with E-state index >= 15 is 0 Å². The molecule has 0 bridgehead atoms. The Morgan fingerprint density at radius 1 is 1.18 bits per heavy atom. The number of urea groups is 1. The summed E-state index contributed by atoms with van der Waals surface area (Å²) in [6.45, 7) is 3.80. The molecule has 2 aliphatic heterocycles. The van der Waals surface area contributed by atoms with Crippen molar-refractivity contribution in [1.82, 2.24) is 21.1 Å². The predicted molar refractivity (Wildman–Crippen MR) is 121 cm³/mol. The molecule has 1 aromatic rings. The van der Waals surface area contributed by atoms with Crippen molar-refractivity contribution in [2.75, 3.05) is 39.5 Å². The lowest BCUT2D eigenvalue weighted by atomic mass is 9.83. The van der Waals surface area contributed by atoms with E-state index in [0.29, 0.717) is 51.0 Å². The number of hydrogen-bond acceptors (Lipinski definition) is 6. The van der Waals surface area contributed by atoms with Crippen LogP contribution in [0.2, 0.25) is 0 Å². The van der Waals surface area contributed by atoms with Gasteiger partial charge in [0.2, 0.25) is 5.91 Å². The summed E-state index contributed by atoms with van der Waals surface area (Å²) >= 11 is 0. The molecule has 182 valence electrons. The van der Waals surface area contributed by atoms with Crippen molar-refractivity contribution in [2.45, 2.75) is 56.9 Å². The Kier molecular flexibility index (Phi) is 8.16. The monoisotopic (exact) mass is 462 g/mol. The molecule has 0 spiro atoms. The van der Waals surface area contributed by atoms with E-state index in [1.165, 1.54) is 18.9 Å². The Bertz CT molecular complexity index is 827. The second-order valence-corrected chi connectivity index (χ2v) is 9.30. The van der Waals surface area contributed by atoms with Crippen LogP contribution in [-0.4, -0.2) is 56.3 Å². The zero-order valence-corrected chi connectivity index (χ0v) is 19.2. The van der Waals surface area contributed by atoms with Crippen LogP contribution in [0.4, 0.5) is 9.18 Å². The van der Waals surface area contributed by atoms with Gasteiger partial charge >= 0.3 is 6.03 Å². The normalized spacial score (nSPS) is 20.6. The number of rotatable bonds is 12. The number of nitrogens with one attached hydrogen (secondary N) is 3. The van der Waals surface area contributed by atoms with Gasteiger partial charge in [-0.1, -0.05) is 12.5 Å². The van der Waals surface area contributed by atoms with E-state index in [4.69, 9.17) is 9.47 Å². The van der Waals surface area contributed by atoms with Crippen LogP contribution in [0.3, 0.4) is 0 Å². The van der Waals surface area contributed by atoms with Crippen molar-refractivity contribution < 1.29 is 23.5 Å². The van der Waals surface area contributed by atoms with E-state index in [-0.39, 0.29) is 23.3 Å². The maximum Gasteiger partial charge on any atom is 0.324 e. The number of carbonyl (C=O) groups is 2. The van der Waals surface area contributed by atoms with E-state index in [1.54, 1.807) is 4.90 Å². The van der Waals surface area contributed by atoms with Gasteiger partial charge in [-0.05, 0) is 62.1 Å². The molecule has 4 rings (SSSR count). The molecule has 3 N–H and O–H groups in total. The molecule has 0 aromatic heterocycles. The van der Waals surface area contributed by atoms with Gasteiger partial charge in [-0.2, -0.15) is 0 Å². The molecule has 9 heteroatoms. The summed E-state index contributed by atoms with van der Waals surface area (Å²) in [5, 5.41) is 2.35. The highest BCUT2D eigenvalue weighted by molar-refractivity contribution is 5.96. The second kappa shape index (κ2) is 11.3. The molecule has 1 aliphatic carbocycles. The largest absolute Gasteiger partial charge is 0.490 e. The molecule has 3 amide bonds. The van der Waals surface area contributed by atoms with E-state index < -0.39 is 0 Å². The summed E-state index contributed by atoms with van der Waals surface area (Å²) in [4.78, 5) is 24.7. The van der Waals surface area contributed by atoms with Gasteiger partial charge < -0.3 is 14.4 Å². The highest BCUT2D eigenvalue weighted by Crippen LogP contribution is 2.35. The Morgan fingerprint density at radius 2 is 2.00 bits per heavy atom. The number of hydrazine groups is 1. The topological polar surface area (TPSA) is 91.9 Å². The highest BCUT2D eigenvalue weighted by atomic mass is 19.1. The van der Waals surface area contributed by atoms with Crippen LogP contribution in [0.1, 0.15) is 56.9 Å². The second-order valence-electron chi connectivity index (χ2n) is 9.30. The summed E-state index contributed by atoms with van der Waals surface area (Å²) in [6, 6.07) is 4.90. The smallest absolute Gasteiger partial charge is 0.324 e. The molecule has 2 heterocycles. The van der Waals surface area contributed by atoms with E-state index in [0.717, 1.165) is 44.2 Å². The molecule has 0 atom stereocenters. The van der Waals surface area contributed by atoms with Gasteiger partial charge in [-0.15, -0.1) is 0 Å².